The molecule has 1 rings (SSSR count). The molecule has 4 nitrogen and oxygen atoms in total. The molecule has 0 aliphatic rings. The molecule has 1 aromatic carbocycles. The summed E-state index contributed by atoms with van der Waals surface area (Å²) in [6.07, 6.45) is 0.366. The fraction of sp³-hybridized carbons (Fsp3) is 0.273. The zero-order chi connectivity index (χ0) is 12.8. The molecule has 0 aromatic heterocycles. The zero-order valence-corrected chi connectivity index (χ0v) is 10.5. The molecule has 0 fully saturated rings. The lowest BCUT2D eigenvalue weighted by molar-refractivity contribution is -0.137. The van der Waals surface area contributed by atoms with Gasteiger partial charge in [0.2, 0.25) is 5.91 Å². The minimum absolute atomic E-state index is 0.0411. The van der Waals surface area contributed by atoms with Gasteiger partial charge < -0.3 is 10.4 Å². The van der Waals surface area contributed by atoms with Crippen LogP contribution in [0.15, 0.2) is 22.7 Å². The van der Waals surface area contributed by atoms with Crippen LogP contribution in [0.4, 0.5) is 10.1 Å². The first kappa shape index (κ1) is 13.6. The van der Waals surface area contributed by atoms with E-state index in [1.807, 2.05) is 0 Å². The Morgan fingerprint density at radius 2 is 2.06 bits per heavy atom. The molecule has 0 unspecified atom stereocenters. The summed E-state index contributed by atoms with van der Waals surface area (Å²) in [6.45, 7) is 0. The van der Waals surface area contributed by atoms with E-state index in [2.05, 4.69) is 21.2 Å². The number of benzene rings is 1. The van der Waals surface area contributed by atoms with E-state index in [-0.39, 0.29) is 29.6 Å². The molecule has 0 spiro atoms. The molecule has 2 N–H and O–H groups in total. The lowest BCUT2D eigenvalue weighted by Gasteiger charge is -2.05. The third-order valence-electron chi connectivity index (χ3n) is 2.00. The number of carbonyl (C=O) groups excluding carboxylic acids is 1. The second-order valence-corrected chi connectivity index (χ2v) is 4.28. The summed E-state index contributed by atoms with van der Waals surface area (Å²) in [6, 6.07) is 4.12. The number of rotatable bonds is 5. The highest BCUT2D eigenvalue weighted by atomic mass is 79.9. The van der Waals surface area contributed by atoms with Crippen molar-refractivity contribution in [2.45, 2.75) is 19.3 Å². The van der Waals surface area contributed by atoms with Crippen LogP contribution in [0.3, 0.4) is 0 Å². The van der Waals surface area contributed by atoms with E-state index in [0.717, 1.165) is 0 Å². The topological polar surface area (TPSA) is 66.4 Å². The molecule has 1 amide bonds. The minimum atomic E-state index is -0.928. The van der Waals surface area contributed by atoms with Crippen molar-refractivity contribution in [1.82, 2.24) is 0 Å². The maximum atomic E-state index is 12.9. The molecule has 0 heterocycles. The van der Waals surface area contributed by atoms with Crippen LogP contribution in [0.25, 0.3) is 0 Å². The van der Waals surface area contributed by atoms with Crippen molar-refractivity contribution in [3.63, 3.8) is 0 Å². The second-order valence-electron chi connectivity index (χ2n) is 3.42. The van der Waals surface area contributed by atoms with Crippen molar-refractivity contribution in [1.29, 1.82) is 0 Å². The van der Waals surface area contributed by atoms with Crippen molar-refractivity contribution >= 4 is 33.5 Å². The van der Waals surface area contributed by atoms with Crippen LogP contribution in [-0.4, -0.2) is 17.0 Å². The third-order valence-corrected chi connectivity index (χ3v) is 2.61. The van der Waals surface area contributed by atoms with E-state index in [0.29, 0.717) is 5.69 Å². The molecule has 0 saturated heterocycles. The molecule has 6 heteroatoms. The number of hydrogen-bond donors (Lipinski definition) is 2. The summed E-state index contributed by atoms with van der Waals surface area (Å²) in [5.74, 6) is -1.62. The lowest BCUT2D eigenvalue weighted by Crippen LogP contribution is -2.11. The van der Waals surface area contributed by atoms with E-state index in [4.69, 9.17) is 5.11 Å². The molecule has 0 radical (unpaired) electrons. The SMILES string of the molecule is O=C(O)CCCC(=O)Nc1ccc(F)c(Br)c1. The maximum Gasteiger partial charge on any atom is 0.303 e. The summed E-state index contributed by atoms with van der Waals surface area (Å²) in [4.78, 5) is 21.6. The van der Waals surface area contributed by atoms with Crippen LogP contribution in [0.2, 0.25) is 0 Å². The van der Waals surface area contributed by atoms with Gasteiger partial charge in [0.05, 0.1) is 4.47 Å². The Labute approximate surface area is 106 Å². The number of carboxylic acids is 1. The minimum Gasteiger partial charge on any atom is -0.481 e. The highest BCUT2D eigenvalue weighted by molar-refractivity contribution is 9.10. The smallest absolute Gasteiger partial charge is 0.303 e. The Kier molecular flexibility index (Phi) is 5.09. The normalized spacial score (nSPS) is 10.0. The second kappa shape index (κ2) is 6.34. The summed E-state index contributed by atoms with van der Waals surface area (Å²) >= 11 is 3.00. The number of hydrogen-bond acceptors (Lipinski definition) is 2. The van der Waals surface area contributed by atoms with Crippen LogP contribution in [0.5, 0.6) is 0 Å². The van der Waals surface area contributed by atoms with Gasteiger partial charge in [-0.15, -0.1) is 0 Å². The molecular weight excluding hydrogens is 293 g/mol. The third kappa shape index (κ3) is 4.95. The van der Waals surface area contributed by atoms with E-state index in [1.165, 1.54) is 18.2 Å². The summed E-state index contributed by atoms with van der Waals surface area (Å²) < 4.78 is 13.2. The van der Waals surface area contributed by atoms with Crippen LogP contribution < -0.4 is 5.32 Å². The van der Waals surface area contributed by atoms with Gasteiger partial charge in [0, 0.05) is 18.5 Å². The van der Waals surface area contributed by atoms with Crippen molar-refractivity contribution in [2.75, 3.05) is 5.32 Å². The van der Waals surface area contributed by atoms with Crippen molar-refractivity contribution in [3.05, 3.63) is 28.5 Å². The Bertz CT molecular complexity index is 437. The number of halogens is 2. The van der Waals surface area contributed by atoms with Crippen LogP contribution in [0, 0.1) is 5.82 Å². The molecule has 17 heavy (non-hydrogen) atoms. The Hall–Kier alpha value is -1.43. The maximum absolute atomic E-state index is 12.9. The van der Waals surface area contributed by atoms with Gasteiger partial charge >= 0.3 is 5.97 Å². The largest absolute Gasteiger partial charge is 0.481 e. The molecule has 0 aliphatic carbocycles. The molecule has 1 aromatic rings. The first-order valence-electron chi connectivity index (χ1n) is 4.95. The number of carbonyl (C=O) groups is 2. The van der Waals surface area contributed by atoms with Gasteiger partial charge in [-0.3, -0.25) is 9.59 Å². The van der Waals surface area contributed by atoms with Crippen molar-refractivity contribution in [3.8, 4) is 0 Å². The Morgan fingerprint density at radius 1 is 1.35 bits per heavy atom. The first-order valence-corrected chi connectivity index (χ1v) is 5.75. The quantitative estimate of drug-likeness (QED) is 0.879. The average Bonchev–Trinajstić information content (AvgIpc) is 2.23. The fourth-order valence-electron chi connectivity index (χ4n) is 1.20. The molecule has 0 bridgehead atoms. The Morgan fingerprint density at radius 3 is 2.65 bits per heavy atom. The fourth-order valence-corrected chi connectivity index (χ4v) is 1.58. The average molecular weight is 304 g/mol. The number of amides is 1. The van der Waals surface area contributed by atoms with Gasteiger partial charge in [-0.25, -0.2) is 4.39 Å². The van der Waals surface area contributed by atoms with Gasteiger partial charge in [0.1, 0.15) is 5.82 Å². The van der Waals surface area contributed by atoms with Crippen molar-refractivity contribution in [2.24, 2.45) is 0 Å². The Balaban J connectivity index is 2.45. The van der Waals surface area contributed by atoms with Gasteiger partial charge in [0.25, 0.3) is 0 Å². The van der Waals surface area contributed by atoms with Crippen LogP contribution >= 0.6 is 15.9 Å². The van der Waals surface area contributed by atoms with Crippen LogP contribution in [-0.2, 0) is 9.59 Å². The van der Waals surface area contributed by atoms with E-state index >= 15 is 0 Å². The van der Waals surface area contributed by atoms with Crippen LogP contribution in [0.1, 0.15) is 19.3 Å². The number of carboxylic acid groups (broad SMARTS) is 1. The summed E-state index contributed by atoms with van der Waals surface area (Å²) in [5.41, 5.74) is 0.471. The number of anilines is 1. The predicted octanol–water partition coefficient (Wildman–Crippen LogP) is 2.78. The highest BCUT2D eigenvalue weighted by Gasteiger charge is 2.06. The monoisotopic (exact) mass is 303 g/mol. The van der Waals surface area contributed by atoms with E-state index in [1.54, 1.807) is 0 Å². The molecular formula is C11H11BrFNO3. The standard InChI is InChI=1S/C11H11BrFNO3/c12-8-6-7(4-5-9(8)13)14-10(15)2-1-3-11(16)17/h4-6H,1-3H2,(H,14,15)(H,16,17). The number of aliphatic carboxylic acids is 1. The highest BCUT2D eigenvalue weighted by Crippen LogP contribution is 2.20. The molecule has 0 saturated carbocycles. The molecule has 92 valence electrons. The predicted molar refractivity (Wildman–Crippen MR) is 64.2 cm³/mol. The first-order chi connectivity index (χ1) is 7.99. The summed E-state index contributed by atoms with van der Waals surface area (Å²) in [7, 11) is 0. The van der Waals surface area contributed by atoms with Gasteiger partial charge in [-0.05, 0) is 40.5 Å². The van der Waals surface area contributed by atoms with Gasteiger partial charge in [-0.2, -0.15) is 0 Å². The van der Waals surface area contributed by atoms with Gasteiger partial charge in [0.15, 0.2) is 0 Å². The van der Waals surface area contributed by atoms with Crippen molar-refractivity contribution < 1.29 is 19.1 Å². The zero-order valence-electron chi connectivity index (χ0n) is 8.87. The van der Waals surface area contributed by atoms with Gasteiger partial charge in [-0.1, -0.05) is 0 Å². The van der Waals surface area contributed by atoms with E-state index in [9.17, 15) is 14.0 Å². The number of nitrogens with one attached hydrogen (secondary N) is 1. The van der Waals surface area contributed by atoms with E-state index < -0.39 is 11.8 Å². The molecule has 0 aliphatic heterocycles. The molecule has 0 atom stereocenters. The summed E-state index contributed by atoms with van der Waals surface area (Å²) in [5, 5.41) is 11.0. The lowest BCUT2D eigenvalue weighted by atomic mass is 10.2.